The Morgan fingerprint density at radius 2 is 2.00 bits per heavy atom. The van der Waals surface area contributed by atoms with E-state index in [1.807, 2.05) is 31.2 Å². The number of aliphatic hydroxyl groups excluding tert-OH is 1. The smallest absolute Gasteiger partial charge is 0.119 e. The first-order chi connectivity index (χ1) is 7.81. The van der Waals surface area contributed by atoms with Crippen molar-refractivity contribution in [2.45, 2.75) is 19.8 Å². The zero-order chi connectivity index (χ0) is 11.8. The molecule has 0 radical (unpaired) electrons. The number of rotatable bonds is 6. The highest BCUT2D eigenvalue weighted by Crippen LogP contribution is 2.14. The Kier molecular flexibility index (Phi) is 5.36. The predicted molar refractivity (Wildman–Crippen MR) is 62.3 cm³/mol. The van der Waals surface area contributed by atoms with Crippen LogP contribution in [0.5, 0.6) is 5.75 Å². The van der Waals surface area contributed by atoms with Crippen molar-refractivity contribution in [1.29, 1.82) is 0 Å². The molecule has 0 aliphatic carbocycles. The normalized spacial score (nSPS) is 11.5. The van der Waals surface area contributed by atoms with Crippen LogP contribution in [0.2, 0.25) is 0 Å². The van der Waals surface area contributed by atoms with Crippen LogP contribution < -0.4 is 4.74 Å². The van der Waals surface area contributed by atoms with E-state index in [1.54, 1.807) is 0 Å². The summed E-state index contributed by atoms with van der Waals surface area (Å²) in [6.45, 7) is 2.57. The third-order valence-electron chi connectivity index (χ3n) is 2.21. The van der Waals surface area contributed by atoms with Gasteiger partial charge in [0.1, 0.15) is 5.75 Å². The first kappa shape index (κ1) is 12.5. The molecule has 0 atom stereocenters. The van der Waals surface area contributed by atoms with Crippen molar-refractivity contribution in [1.82, 2.24) is 0 Å². The molecule has 0 aliphatic heterocycles. The van der Waals surface area contributed by atoms with E-state index in [-0.39, 0.29) is 6.61 Å². The molecule has 16 heavy (non-hydrogen) atoms. The highest BCUT2D eigenvalue weighted by atomic mass is 16.5. The van der Waals surface area contributed by atoms with Crippen molar-refractivity contribution in [3.8, 4) is 5.75 Å². The lowest BCUT2D eigenvalue weighted by atomic mass is 10.1. The monoisotopic (exact) mass is 223 g/mol. The van der Waals surface area contributed by atoms with Gasteiger partial charge in [0.05, 0.1) is 12.3 Å². The quantitative estimate of drug-likeness (QED) is 0.336. The number of aliphatic hydroxyl groups is 1. The average Bonchev–Trinajstić information content (AvgIpc) is 2.33. The standard InChI is InChI=1S/C12H17NO3/c1-2-12(13-15)10-4-6-11(7-5-10)16-9-3-8-14/h4-7,14-15H,2-3,8-9H2,1H3. The summed E-state index contributed by atoms with van der Waals surface area (Å²) < 4.78 is 5.39. The maximum atomic E-state index is 8.75. The van der Waals surface area contributed by atoms with Gasteiger partial charge in [-0.2, -0.15) is 0 Å². The van der Waals surface area contributed by atoms with Crippen LogP contribution in [0.1, 0.15) is 25.3 Å². The molecule has 1 aromatic rings. The van der Waals surface area contributed by atoms with E-state index in [4.69, 9.17) is 15.1 Å². The molecule has 0 unspecified atom stereocenters. The fraction of sp³-hybridized carbons (Fsp3) is 0.417. The van der Waals surface area contributed by atoms with Gasteiger partial charge in [-0.25, -0.2) is 0 Å². The number of hydrogen-bond donors (Lipinski definition) is 2. The van der Waals surface area contributed by atoms with E-state index in [1.165, 1.54) is 0 Å². The summed E-state index contributed by atoms with van der Waals surface area (Å²) in [6, 6.07) is 7.36. The van der Waals surface area contributed by atoms with E-state index in [0.29, 0.717) is 25.2 Å². The molecule has 88 valence electrons. The van der Waals surface area contributed by atoms with Gasteiger partial charge in [-0.05, 0) is 36.2 Å². The summed E-state index contributed by atoms with van der Waals surface area (Å²) in [5, 5.41) is 20.6. The second-order valence-corrected chi connectivity index (χ2v) is 3.35. The van der Waals surface area contributed by atoms with Crippen LogP contribution >= 0.6 is 0 Å². The molecule has 0 aromatic heterocycles. The molecule has 4 nitrogen and oxygen atoms in total. The van der Waals surface area contributed by atoms with E-state index in [2.05, 4.69) is 5.16 Å². The third kappa shape index (κ3) is 3.55. The number of hydrogen-bond acceptors (Lipinski definition) is 4. The largest absolute Gasteiger partial charge is 0.494 e. The molecule has 0 amide bonds. The van der Waals surface area contributed by atoms with Gasteiger partial charge in [0.15, 0.2) is 0 Å². The summed E-state index contributed by atoms with van der Waals surface area (Å²) in [7, 11) is 0. The Hall–Kier alpha value is -1.55. The van der Waals surface area contributed by atoms with Crippen molar-refractivity contribution in [3.05, 3.63) is 29.8 Å². The molecular weight excluding hydrogens is 206 g/mol. The predicted octanol–water partition coefficient (Wildman–Crippen LogP) is 2.04. The highest BCUT2D eigenvalue weighted by Gasteiger charge is 2.01. The molecule has 0 heterocycles. The minimum Gasteiger partial charge on any atom is -0.494 e. The van der Waals surface area contributed by atoms with Crippen molar-refractivity contribution < 1.29 is 15.1 Å². The number of ether oxygens (including phenoxy) is 1. The highest BCUT2D eigenvalue weighted by molar-refractivity contribution is 6.00. The molecule has 0 spiro atoms. The van der Waals surface area contributed by atoms with Crippen LogP contribution in [0, 0.1) is 0 Å². The molecular formula is C12H17NO3. The lowest BCUT2D eigenvalue weighted by Crippen LogP contribution is -2.01. The maximum absolute atomic E-state index is 8.75. The van der Waals surface area contributed by atoms with Gasteiger partial charge >= 0.3 is 0 Å². The molecule has 0 saturated heterocycles. The number of oxime groups is 1. The molecule has 4 heteroatoms. The number of benzene rings is 1. The Morgan fingerprint density at radius 3 is 2.50 bits per heavy atom. The van der Waals surface area contributed by atoms with Crippen LogP contribution in [0.4, 0.5) is 0 Å². The van der Waals surface area contributed by atoms with Gasteiger partial charge < -0.3 is 15.1 Å². The molecule has 0 bridgehead atoms. The van der Waals surface area contributed by atoms with E-state index in [0.717, 1.165) is 11.3 Å². The topological polar surface area (TPSA) is 62.1 Å². The first-order valence-corrected chi connectivity index (χ1v) is 5.36. The van der Waals surface area contributed by atoms with Gasteiger partial charge in [0.2, 0.25) is 0 Å². The SMILES string of the molecule is CCC(=NO)c1ccc(OCCCO)cc1. The molecule has 0 saturated carbocycles. The second kappa shape index (κ2) is 6.85. The van der Waals surface area contributed by atoms with E-state index >= 15 is 0 Å². The van der Waals surface area contributed by atoms with Crippen molar-refractivity contribution in [2.75, 3.05) is 13.2 Å². The average molecular weight is 223 g/mol. The minimum atomic E-state index is 0.134. The van der Waals surface area contributed by atoms with Crippen LogP contribution in [0.15, 0.2) is 29.4 Å². The summed E-state index contributed by atoms with van der Waals surface area (Å²) in [5.41, 5.74) is 1.54. The fourth-order valence-corrected chi connectivity index (χ4v) is 1.33. The van der Waals surface area contributed by atoms with Gasteiger partial charge in [0.25, 0.3) is 0 Å². The van der Waals surface area contributed by atoms with Gasteiger partial charge in [-0.3, -0.25) is 0 Å². The Balaban J connectivity index is 2.60. The minimum absolute atomic E-state index is 0.134. The van der Waals surface area contributed by atoms with E-state index in [9.17, 15) is 0 Å². The lowest BCUT2D eigenvalue weighted by molar-refractivity contribution is 0.233. The van der Waals surface area contributed by atoms with Crippen LogP contribution in [0.3, 0.4) is 0 Å². The van der Waals surface area contributed by atoms with Gasteiger partial charge in [0, 0.05) is 13.0 Å². The molecule has 2 N–H and O–H groups in total. The fourth-order valence-electron chi connectivity index (χ4n) is 1.33. The van der Waals surface area contributed by atoms with Crippen LogP contribution in [0.25, 0.3) is 0 Å². The molecule has 0 aliphatic rings. The van der Waals surface area contributed by atoms with Crippen LogP contribution in [-0.2, 0) is 0 Å². The Bertz CT molecular complexity index is 333. The summed E-state index contributed by atoms with van der Waals surface area (Å²) in [5.74, 6) is 0.755. The summed E-state index contributed by atoms with van der Waals surface area (Å²) in [6.07, 6.45) is 1.31. The van der Waals surface area contributed by atoms with Crippen molar-refractivity contribution >= 4 is 5.71 Å². The first-order valence-electron chi connectivity index (χ1n) is 5.36. The van der Waals surface area contributed by atoms with Gasteiger partial charge in [-0.1, -0.05) is 12.1 Å². The Morgan fingerprint density at radius 1 is 1.31 bits per heavy atom. The third-order valence-corrected chi connectivity index (χ3v) is 2.21. The maximum Gasteiger partial charge on any atom is 0.119 e. The summed E-state index contributed by atoms with van der Waals surface area (Å²) >= 11 is 0. The zero-order valence-corrected chi connectivity index (χ0v) is 9.39. The number of nitrogens with zero attached hydrogens (tertiary/aromatic N) is 1. The second-order valence-electron chi connectivity index (χ2n) is 3.35. The van der Waals surface area contributed by atoms with Crippen molar-refractivity contribution in [3.63, 3.8) is 0 Å². The van der Waals surface area contributed by atoms with Crippen LogP contribution in [-0.4, -0.2) is 29.2 Å². The molecule has 1 aromatic carbocycles. The lowest BCUT2D eigenvalue weighted by Gasteiger charge is -2.06. The Labute approximate surface area is 95.2 Å². The summed E-state index contributed by atoms with van der Waals surface area (Å²) in [4.78, 5) is 0. The van der Waals surface area contributed by atoms with Gasteiger partial charge in [-0.15, -0.1) is 0 Å². The zero-order valence-electron chi connectivity index (χ0n) is 9.39. The van der Waals surface area contributed by atoms with E-state index < -0.39 is 0 Å². The molecule has 1 rings (SSSR count). The molecule has 0 fully saturated rings. The van der Waals surface area contributed by atoms with Crippen molar-refractivity contribution in [2.24, 2.45) is 5.16 Å².